The van der Waals surface area contributed by atoms with Crippen molar-refractivity contribution in [2.45, 2.75) is 105 Å². The normalized spacial score (nSPS) is 15.2. The molecule has 5 aromatic carbocycles. The summed E-state index contributed by atoms with van der Waals surface area (Å²) in [4.78, 5) is 10.5. The van der Waals surface area contributed by atoms with Gasteiger partial charge in [0.05, 0.1) is 5.52 Å². The van der Waals surface area contributed by atoms with Gasteiger partial charge in [-0.15, -0.1) is 12.1 Å². The van der Waals surface area contributed by atoms with E-state index in [2.05, 4.69) is 127 Å². The standard InChI is InChI=1S/C49H50N3O.Pt/c1-27(2)33-21-37(28(3)4)44(38(22-33)29(5)6)35-20-32-14-13-31-19-34-23-39(30-15-17-49(7,8)18-16-30)42-26-52-43-12-10-9-11-36(43)47(53)48(52)51-46(42)41(34)24-40(31)45(32)50-25-35;/h9-14,19-23,25-30,53H,15-18H2,1-8H3;/q-1;. The number of nitrogens with zero attached hydrogens (tertiary/aromatic N) is 3. The fourth-order valence-corrected chi connectivity index (χ4v) is 9.16. The van der Waals surface area contributed by atoms with Gasteiger partial charge in [0, 0.05) is 49.9 Å². The molecular weight excluding hydrogens is 842 g/mol. The Balaban J connectivity index is 0.00000413. The average molecular weight is 892 g/mol. The minimum absolute atomic E-state index is 0. The smallest absolute Gasteiger partial charge is 0.173 e. The molecule has 54 heavy (non-hydrogen) atoms. The van der Waals surface area contributed by atoms with E-state index in [-0.39, 0.29) is 26.8 Å². The van der Waals surface area contributed by atoms with Crippen molar-refractivity contribution in [3.05, 3.63) is 107 Å². The maximum absolute atomic E-state index is 11.4. The van der Waals surface area contributed by atoms with Gasteiger partial charge in [0.15, 0.2) is 11.4 Å². The third kappa shape index (κ3) is 5.92. The second-order valence-electron chi connectivity index (χ2n) is 17.6. The van der Waals surface area contributed by atoms with Gasteiger partial charge in [-0.3, -0.25) is 14.4 Å². The van der Waals surface area contributed by atoms with Gasteiger partial charge in [-0.05, 0) is 111 Å². The van der Waals surface area contributed by atoms with Crippen LogP contribution < -0.4 is 0 Å². The van der Waals surface area contributed by atoms with E-state index < -0.39 is 0 Å². The number of pyridine rings is 1. The summed E-state index contributed by atoms with van der Waals surface area (Å²) in [7, 11) is 0. The maximum Gasteiger partial charge on any atom is 0.173 e. The predicted octanol–water partition coefficient (Wildman–Crippen LogP) is 13.7. The summed E-state index contributed by atoms with van der Waals surface area (Å²) in [5, 5.41) is 18.8. The van der Waals surface area contributed by atoms with E-state index in [0.29, 0.717) is 34.7 Å². The van der Waals surface area contributed by atoms with E-state index in [9.17, 15) is 5.11 Å². The van der Waals surface area contributed by atoms with Gasteiger partial charge in [0.25, 0.3) is 0 Å². The number of rotatable bonds is 5. The molecule has 0 atom stereocenters. The molecule has 0 aliphatic heterocycles. The van der Waals surface area contributed by atoms with Crippen LogP contribution in [0.15, 0.2) is 79.1 Å². The van der Waals surface area contributed by atoms with Gasteiger partial charge in [0.1, 0.15) is 0 Å². The van der Waals surface area contributed by atoms with E-state index in [1.54, 1.807) is 0 Å². The number of para-hydroxylation sites is 1. The van der Waals surface area contributed by atoms with E-state index in [1.807, 2.05) is 18.2 Å². The van der Waals surface area contributed by atoms with E-state index >= 15 is 0 Å². The second-order valence-corrected chi connectivity index (χ2v) is 17.6. The molecule has 9 rings (SSSR count). The number of hydrogen-bond donors (Lipinski definition) is 1. The van der Waals surface area contributed by atoms with Gasteiger partial charge in [0.2, 0.25) is 0 Å². The van der Waals surface area contributed by atoms with Crippen LogP contribution in [0.4, 0.5) is 0 Å². The maximum atomic E-state index is 11.4. The number of aromatic hydroxyl groups is 1. The van der Waals surface area contributed by atoms with Crippen LogP contribution >= 0.6 is 0 Å². The van der Waals surface area contributed by atoms with Crippen LogP contribution in [0.3, 0.4) is 0 Å². The zero-order valence-corrected chi connectivity index (χ0v) is 35.0. The third-order valence-electron chi connectivity index (χ3n) is 12.4. The Labute approximate surface area is 333 Å². The second kappa shape index (κ2) is 13.5. The van der Waals surface area contributed by atoms with Gasteiger partial charge < -0.3 is 5.11 Å². The molecule has 1 fully saturated rings. The molecule has 1 aliphatic carbocycles. The predicted molar refractivity (Wildman–Crippen MR) is 224 cm³/mol. The summed E-state index contributed by atoms with van der Waals surface area (Å²) in [6.07, 6.45) is 9.05. The van der Waals surface area contributed by atoms with Crippen molar-refractivity contribution < 1.29 is 26.2 Å². The van der Waals surface area contributed by atoms with Crippen LogP contribution in [-0.4, -0.2) is 19.5 Å². The molecular formula is C49H50N3OPt-. The van der Waals surface area contributed by atoms with E-state index in [1.165, 1.54) is 46.2 Å². The molecule has 4 nitrogen and oxygen atoms in total. The minimum Gasteiger partial charge on any atom is -0.504 e. The average Bonchev–Trinajstić information content (AvgIpc) is 3.42. The zero-order valence-electron chi connectivity index (χ0n) is 32.7. The number of aromatic nitrogens is 3. The topological polar surface area (TPSA) is 50.4 Å². The van der Waals surface area contributed by atoms with Crippen molar-refractivity contribution in [1.29, 1.82) is 0 Å². The minimum atomic E-state index is 0. The van der Waals surface area contributed by atoms with Crippen LogP contribution in [0, 0.1) is 11.5 Å². The SMILES string of the molecule is CC(C)c1cc(C(C)C)c(-c2cnc3c(ccc4cc5cc(C6CCC(C)(C)CC6)c6cn7c(nc6c5[c-]c43)c(O)c3ccccc37)c2)c(C(C)C)c1.[Pt]. The first-order chi connectivity index (χ1) is 25.4. The van der Waals surface area contributed by atoms with Gasteiger partial charge in [-0.2, -0.15) is 0 Å². The number of benzene rings is 5. The molecule has 0 bridgehead atoms. The van der Waals surface area contributed by atoms with Crippen LogP contribution in [0.2, 0.25) is 0 Å². The molecule has 1 N–H and O–H groups in total. The summed E-state index contributed by atoms with van der Waals surface area (Å²) < 4.78 is 2.08. The summed E-state index contributed by atoms with van der Waals surface area (Å²) in [5.41, 5.74) is 11.8. The Bertz CT molecular complexity index is 2730. The Morgan fingerprint density at radius 3 is 2.11 bits per heavy atom. The van der Waals surface area contributed by atoms with Crippen LogP contribution in [0.25, 0.3) is 71.0 Å². The molecule has 0 radical (unpaired) electrons. The molecule has 8 aromatic rings. The van der Waals surface area contributed by atoms with Crippen molar-refractivity contribution in [2.75, 3.05) is 0 Å². The summed E-state index contributed by atoms with van der Waals surface area (Å²) in [5.74, 6) is 1.94. The number of hydrogen-bond acceptors (Lipinski definition) is 3. The summed E-state index contributed by atoms with van der Waals surface area (Å²) >= 11 is 0. The first kappa shape index (κ1) is 36.7. The molecule has 5 heteroatoms. The summed E-state index contributed by atoms with van der Waals surface area (Å²) in [6, 6.07) is 28.3. The van der Waals surface area contributed by atoms with Crippen molar-refractivity contribution in [2.24, 2.45) is 5.41 Å². The first-order valence-electron chi connectivity index (χ1n) is 19.7. The Hall–Kier alpha value is -4.27. The van der Waals surface area contributed by atoms with Gasteiger partial charge in [-0.1, -0.05) is 125 Å². The Morgan fingerprint density at radius 2 is 1.43 bits per heavy atom. The molecule has 3 heterocycles. The summed E-state index contributed by atoms with van der Waals surface area (Å²) in [6.45, 7) is 18.6. The molecule has 3 aromatic heterocycles. The van der Waals surface area contributed by atoms with Crippen molar-refractivity contribution >= 4 is 59.9 Å². The van der Waals surface area contributed by atoms with Crippen molar-refractivity contribution in [1.82, 2.24) is 14.4 Å². The monoisotopic (exact) mass is 891 g/mol. The molecule has 0 saturated heterocycles. The van der Waals surface area contributed by atoms with Crippen LogP contribution in [0.1, 0.15) is 127 Å². The molecule has 0 unspecified atom stereocenters. The van der Waals surface area contributed by atoms with Gasteiger partial charge >= 0.3 is 0 Å². The Morgan fingerprint density at radius 1 is 0.759 bits per heavy atom. The van der Waals surface area contributed by atoms with Crippen LogP contribution in [-0.2, 0) is 21.1 Å². The number of fused-ring (bicyclic) bond motifs is 9. The molecule has 1 saturated carbocycles. The molecule has 0 amide bonds. The molecule has 1 aliphatic rings. The first-order valence-corrected chi connectivity index (χ1v) is 19.7. The van der Waals surface area contributed by atoms with Gasteiger partial charge in [-0.25, -0.2) is 0 Å². The zero-order chi connectivity index (χ0) is 36.9. The third-order valence-corrected chi connectivity index (χ3v) is 12.4. The Kier molecular flexibility index (Phi) is 9.16. The van der Waals surface area contributed by atoms with Crippen molar-refractivity contribution in [3.8, 4) is 16.9 Å². The fraction of sp³-hybridized carbons (Fsp3) is 0.347. The van der Waals surface area contributed by atoms with Crippen molar-refractivity contribution in [3.63, 3.8) is 0 Å². The quantitative estimate of drug-likeness (QED) is 0.106. The largest absolute Gasteiger partial charge is 0.504 e. The molecule has 278 valence electrons. The fourth-order valence-electron chi connectivity index (χ4n) is 9.16. The van der Waals surface area contributed by atoms with E-state index in [0.717, 1.165) is 67.1 Å². The van der Waals surface area contributed by atoms with Crippen LogP contribution in [0.5, 0.6) is 5.75 Å². The van der Waals surface area contributed by atoms with E-state index in [4.69, 9.17) is 9.97 Å². The molecule has 0 spiro atoms.